The highest BCUT2D eigenvalue weighted by Crippen LogP contribution is 2.28. The maximum absolute atomic E-state index is 13.4. The van der Waals surface area contributed by atoms with Gasteiger partial charge in [0.05, 0.1) is 0 Å². The zero-order valence-corrected chi connectivity index (χ0v) is 8.94. The number of allylic oxidation sites excluding steroid dienone is 2. The van der Waals surface area contributed by atoms with Gasteiger partial charge in [-0.05, 0) is 38.4 Å². The van der Waals surface area contributed by atoms with Crippen molar-refractivity contribution in [3.05, 3.63) is 23.3 Å². The Balaban J connectivity index is 2.00. The van der Waals surface area contributed by atoms with E-state index in [0.29, 0.717) is 25.0 Å². The molecule has 0 N–H and O–H groups in total. The fraction of sp³-hybridized carbons (Fsp3) is 0.667. The Bertz CT molecular complexity index is 288. The van der Waals surface area contributed by atoms with E-state index in [2.05, 4.69) is 4.90 Å². The molecule has 0 spiro atoms. The second kappa shape index (κ2) is 4.88. The average Bonchev–Trinajstić information content (AvgIpc) is 2.25. The molecule has 0 aromatic carbocycles. The first-order chi connectivity index (χ1) is 7.27. The Morgan fingerprint density at radius 3 is 2.53 bits per heavy atom. The van der Waals surface area contributed by atoms with Crippen molar-refractivity contribution in [1.29, 1.82) is 0 Å². The topological polar surface area (TPSA) is 3.24 Å². The van der Waals surface area contributed by atoms with Crippen LogP contribution in [0.2, 0.25) is 0 Å². The molecule has 15 heavy (non-hydrogen) atoms. The first-order valence-electron chi connectivity index (χ1n) is 5.73. The van der Waals surface area contributed by atoms with E-state index < -0.39 is 0 Å². The first kappa shape index (κ1) is 10.8. The van der Waals surface area contributed by atoms with Crippen LogP contribution in [0.4, 0.5) is 8.78 Å². The highest BCUT2D eigenvalue weighted by molar-refractivity contribution is 5.32. The minimum absolute atomic E-state index is 0.249. The second-order valence-electron chi connectivity index (χ2n) is 4.31. The molecule has 0 saturated carbocycles. The predicted octanol–water partition coefficient (Wildman–Crippen LogP) is 3.34. The summed E-state index contributed by atoms with van der Waals surface area (Å²) in [6.07, 6.45) is 5.93. The highest BCUT2D eigenvalue weighted by atomic mass is 19.1. The van der Waals surface area contributed by atoms with Crippen LogP contribution in [0.3, 0.4) is 0 Å². The van der Waals surface area contributed by atoms with Gasteiger partial charge in [0.15, 0.2) is 0 Å². The van der Waals surface area contributed by atoms with Gasteiger partial charge in [-0.3, -0.25) is 4.90 Å². The molecule has 0 bridgehead atoms. The molecule has 1 aliphatic carbocycles. The number of likely N-dealkylation sites (tertiary alicyclic amines) is 1. The van der Waals surface area contributed by atoms with Gasteiger partial charge >= 0.3 is 0 Å². The molecule has 1 nitrogen and oxygen atoms in total. The highest BCUT2D eigenvalue weighted by Gasteiger charge is 2.20. The van der Waals surface area contributed by atoms with Gasteiger partial charge in [-0.2, -0.15) is 0 Å². The first-order valence-corrected chi connectivity index (χ1v) is 5.73. The third-order valence-electron chi connectivity index (χ3n) is 3.13. The SMILES string of the molecule is FC1=CCCC(F)=C1CN1CCCCC1. The van der Waals surface area contributed by atoms with E-state index in [-0.39, 0.29) is 11.7 Å². The summed E-state index contributed by atoms with van der Waals surface area (Å²) in [5.41, 5.74) is 0.295. The normalized spacial score (nSPS) is 24.3. The quantitative estimate of drug-likeness (QED) is 0.680. The van der Waals surface area contributed by atoms with Crippen molar-refractivity contribution < 1.29 is 8.78 Å². The summed E-state index contributed by atoms with van der Waals surface area (Å²) in [5, 5.41) is 0. The molecule has 0 aromatic heterocycles. The smallest absolute Gasteiger partial charge is 0.126 e. The molecular formula is C12H17F2N. The van der Waals surface area contributed by atoms with Crippen LogP contribution < -0.4 is 0 Å². The molecule has 1 aliphatic heterocycles. The van der Waals surface area contributed by atoms with Crippen molar-refractivity contribution in [2.45, 2.75) is 32.1 Å². The minimum atomic E-state index is -0.343. The molecule has 2 rings (SSSR count). The Morgan fingerprint density at radius 2 is 1.87 bits per heavy atom. The van der Waals surface area contributed by atoms with E-state index in [4.69, 9.17) is 0 Å². The maximum Gasteiger partial charge on any atom is 0.126 e. The summed E-state index contributed by atoms with van der Waals surface area (Å²) in [5.74, 6) is -0.593. The van der Waals surface area contributed by atoms with Crippen molar-refractivity contribution >= 4 is 0 Å². The predicted molar refractivity (Wildman–Crippen MR) is 56.9 cm³/mol. The fourth-order valence-corrected chi connectivity index (χ4v) is 2.23. The molecule has 0 radical (unpaired) electrons. The van der Waals surface area contributed by atoms with E-state index in [1.165, 1.54) is 12.5 Å². The summed E-state index contributed by atoms with van der Waals surface area (Å²) in [4.78, 5) is 2.15. The number of hydrogen-bond acceptors (Lipinski definition) is 1. The molecule has 0 unspecified atom stereocenters. The fourth-order valence-electron chi connectivity index (χ4n) is 2.23. The van der Waals surface area contributed by atoms with Crippen LogP contribution in [0.15, 0.2) is 23.3 Å². The number of hydrogen-bond donors (Lipinski definition) is 0. The standard InChI is InChI=1S/C12H17F2N/c13-11-5-4-6-12(14)10(11)9-15-7-2-1-3-8-15/h5H,1-4,6-9H2. The molecule has 1 saturated heterocycles. The third-order valence-corrected chi connectivity index (χ3v) is 3.13. The van der Waals surface area contributed by atoms with E-state index in [1.807, 2.05) is 0 Å². The zero-order valence-electron chi connectivity index (χ0n) is 8.94. The van der Waals surface area contributed by atoms with Crippen molar-refractivity contribution in [2.24, 2.45) is 0 Å². The van der Waals surface area contributed by atoms with Crippen molar-refractivity contribution in [3.8, 4) is 0 Å². The average molecular weight is 213 g/mol. The molecule has 0 amide bonds. The summed E-state index contributed by atoms with van der Waals surface area (Å²) in [6, 6.07) is 0. The van der Waals surface area contributed by atoms with Gasteiger partial charge in [0.2, 0.25) is 0 Å². The Kier molecular flexibility index (Phi) is 3.52. The molecule has 0 aromatic rings. The van der Waals surface area contributed by atoms with Crippen LogP contribution in [-0.2, 0) is 0 Å². The van der Waals surface area contributed by atoms with Gasteiger partial charge in [-0.25, -0.2) is 8.78 Å². The molecule has 3 heteroatoms. The number of halogens is 2. The molecule has 1 fully saturated rings. The van der Waals surface area contributed by atoms with Gasteiger partial charge in [0.1, 0.15) is 11.7 Å². The molecule has 0 atom stereocenters. The summed E-state index contributed by atoms with van der Waals surface area (Å²) in [7, 11) is 0. The van der Waals surface area contributed by atoms with Crippen LogP contribution in [0.25, 0.3) is 0 Å². The van der Waals surface area contributed by atoms with E-state index in [1.54, 1.807) is 0 Å². The van der Waals surface area contributed by atoms with Crippen molar-refractivity contribution in [2.75, 3.05) is 19.6 Å². The molecule has 1 heterocycles. The Hall–Kier alpha value is -0.700. The molecule has 84 valence electrons. The lowest BCUT2D eigenvalue weighted by molar-refractivity contribution is 0.243. The summed E-state index contributed by atoms with van der Waals surface area (Å²) < 4.78 is 26.8. The van der Waals surface area contributed by atoms with Gasteiger partial charge in [0.25, 0.3) is 0 Å². The van der Waals surface area contributed by atoms with E-state index in [0.717, 1.165) is 25.9 Å². The third kappa shape index (κ3) is 2.65. The van der Waals surface area contributed by atoms with Gasteiger partial charge < -0.3 is 0 Å². The number of nitrogens with zero attached hydrogens (tertiary/aromatic N) is 1. The lowest BCUT2D eigenvalue weighted by Crippen LogP contribution is -2.32. The zero-order chi connectivity index (χ0) is 10.7. The second-order valence-corrected chi connectivity index (χ2v) is 4.31. The van der Waals surface area contributed by atoms with Crippen molar-refractivity contribution in [3.63, 3.8) is 0 Å². The van der Waals surface area contributed by atoms with E-state index >= 15 is 0 Å². The lowest BCUT2D eigenvalue weighted by Gasteiger charge is -2.27. The summed E-state index contributed by atoms with van der Waals surface area (Å²) >= 11 is 0. The minimum Gasteiger partial charge on any atom is -0.299 e. The van der Waals surface area contributed by atoms with Crippen LogP contribution in [0.1, 0.15) is 32.1 Å². The Labute approximate surface area is 89.5 Å². The monoisotopic (exact) mass is 213 g/mol. The van der Waals surface area contributed by atoms with Gasteiger partial charge in [-0.1, -0.05) is 6.42 Å². The summed E-state index contributed by atoms with van der Waals surface area (Å²) in [6.45, 7) is 2.41. The van der Waals surface area contributed by atoms with Crippen LogP contribution in [-0.4, -0.2) is 24.5 Å². The maximum atomic E-state index is 13.4. The van der Waals surface area contributed by atoms with Crippen LogP contribution in [0.5, 0.6) is 0 Å². The van der Waals surface area contributed by atoms with E-state index in [9.17, 15) is 8.78 Å². The lowest BCUT2D eigenvalue weighted by atomic mass is 10.0. The molecule has 2 aliphatic rings. The number of rotatable bonds is 2. The largest absolute Gasteiger partial charge is 0.299 e. The Morgan fingerprint density at radius 1 is 1.13 bits per heavy atom. The number of piperidine rings is 1. The van der Waals surface area contributed by atoms with Crippen LogP contribution in [0, 0.1) is 0 Å². The van der Waals surface area contributed by atoms with Gasteiger partial charge in [0, 0.05) is 18.5 Å². The van der Waals surface area contributed by atoms with Gasteiger partial charge in [-0.15, -0.1) is 0 Å². The van der Waals surface area contributed by atoms with Crippen molar-refractivity contribution in [1.82, 2.24) is 4.90 Å². The van der Waals surface area contributed by atoms with Crippen LogP contribution >= 0.6 is 0 Å². The molecular weight excluding hydrogens is 196 g/mol.